The molecule has 21 heavy (non-hydrogen) atoms. The van der Waals surface area contributed by atoms with E-state index in [0.29, 0.717) is 31.4 Å². The van der Waals surface area contributed by atoms with Gasteiger partial charge in [-0.25, -0.2) is 0 Å². The van der Waals surface area contributed by atoms with E-state index in [9.17, 15) is 9.59 Å². The van der Waals surface area contributed by atoms with Gasteiger partial charge in [-0.15, -0.1) is 0 Å². The number of carbonyl (C=O) groups excluding carboxylic acids is 1. The van der Waals surface area contributed by atoms with Gasteiger partial charge in [-0.05, 0) is 31.2 Å². The number of carbonyl (C=O) groups is 2. The lowest BCUT2D eigenvalue weighted by Crippen LogP contribution is -2.44. The third-order valence-electron chi connectivity index (χ3n) is 4.47. The quantitative estimate of drug-likeness (QED) is 0.696. The van der Waals surface area contributed by atoms with E-state index in [1.807, 2.05) is 0 Å². The van der Waals surface area contributed by atoms with Crippen molar-refractivity contribution < 1.29 is 19.4 Å². The van der Waals surface area contributed by atoms with Crippen molar-refractivity contribution in [3.8, 4) is 0 Å². The highest BCUT2D eigenvalue weighted by Gasteiger charge is 2.38. The summed E-state index contributed by atoms with van der Waals surface area (Å²) in [6.45, 7) is 5.39. The number of ether oxygens (including phenoxy) is 1. The van der Waals surface area contributed by atoms with E-state index in [2.05, 4.69) is 13.8 Å². The fourth-order valence-electron chi connectivity index (χ4n) is 2.86. The number of hydrogen-bond acceptors (Lipinski definition) is 4. The number of carboxylic acids is 1. The van der Waals surface area contributed by atoms with E-state index in [4.69, 9.17) is 15.6 Å². The molecule has 0 bridgehead atoms. The molecule has 0 aromatic rings. The van der Waals surface area contributed by atoms with Crippen molar-refractivity contribution in [2.75, 3.05) is 26.8 Å². The van der Waals surface area contributed by atoms with E-state index >= 15 is 0 Å². The molecule has 1 fully saturated rings. The molecule has 3 unspecified atom stereocenters. The van der Waals surface area contributed by atoms with E-state index in [1.165, 1.54) is 0 Å². The second-order valence-corrected chi connectivity index (χ2v) is 6.17. The van der Waals surface area contributed by atoms with Crippen molar-refractivity contribution in [2.45, 2.75) is 39.2 Å². The van der Waals surface area contributed by atoms with Crippen molar-refractivity contribution >= 4 is 11.9 Å². The normalized spacial score (nSPS) is 23.3. The summed E-state index contributed by atoms with van der Waals surface area (Å²) in [5.41, 5.74) is 5.61. The molecular weight excluding hydrogens is 272 g/mol. The highest BCUT2D eigenvalue weighted by molar-refractivity contribution is 5.78. The zero-order valence-corrected chi connectivity index (χ0v) is 13.2. The molecule has 1 heterocycles. The molecule has 0 saturated carbocycles. The monoisotopic (exact) mass is 300 g/mol. The number of nitrogens with two attached hydrogens (primary N) is 1. The summed E-state index contributed by atoms with van der Waals surface area (Å²) >= 11 is 0. The maximum Gasteiger partial charge on any atom is 0.311 e. The summed E-state index contributed by atoms with van der Waals surface area (Å²) in [5.74, 6) is -0.612. The Morgan fingerprint density at radius 3 is 2.52 bits per heavy atom. The number of carboxylic acid groups (broad SMARTS) is 1. The lowest BCUT2D eigenvalue weighted by molar-refractivity contribution is -0.144. The van der Waals surface area contributed by atoms with Crippen LogP contribution in [0.4, 0.5) is 0 Å². The van der Waals surface area contributed by atoms with Gasteiger partial charge in [0.25, 0.3) is 0 Å². The summed E-state index contributed by atoms with van der Waals surface area (Å²) in [6.07, 6.45) is 2.14. The molecule has 3 atom stereocenters. The summed E-state index contributed by atoms with van der Waals surface area (Å²) in [4.78, 5) is 25.0. The van der Waals surface area contributed by atoms with Gasteiger partial charge in [-0.3, -0.25) is 9.59 Å². The minimum absolute atomic E-state index is 0.0144. The molecule has 122 valence electrons. The van der Waals surface area contributed by atoms with Crippen molar-refractivity contribution in [1.82, 2.24) is 4.90 Å². The highest BCUT2D eigenvalue weighted by Crippen LogP contribution is 2.23. The Hall–Kier alpha value is -1.14. The lowest BCUT2D eigenvalue weighted by Gasteiger charge is -2.27. The van der Waals surface area contributed by atoms with Crippen LogP contribution in [0.15, 0.2) is 0 Å². The van der Waals surface area contributed by atoms with E-state index < -0.39 is 11.9 Å². The van der Waals surface area contributed by atoms with Gasteiger partial charge in [0, 0.05) is 13.5 Å². The van der Waals surface area contributed by atoms with Crippen LogP contribution >= 0.6 is 0 Å². The summed E-state index contributed by atoms with van der Waals surface area (Å²) in [5, 5.41) is 9.14. The molecule has 6 nitrogen and oxygen atoms in total. The fraction of sp³-hybridized carbons (Fsp3) is 0.867. The molecule has 0 aromatic carbocycles. The Kier molecular flexibility index (Phi) is 7.11. The Bertz CT molecular complexity index is 360. The van der Waals surface area contributed by atoms with E-state index in [-0.39, 0.29) is 18.6 Å². The number of nitrogens with zero attached hydrogens (tertiary/aromatic N) is 1. The SMILES string of the molecule is CC(C)C(CCN)CCC(=O)N(C)C1COCC1C(=O)O. The van der Waals surface area contributed by atoms with Crippen LogP contribution in [-0.4, -0.2) is 54.7 Å². The minimum atomic E-state index is -0.902. The van der Waals surface area contributed by atoms with Crippen LogP contribution < -0.4 is 5.73 Å². The number of likely N-dealkylation sites (N-methyl/N-ethyl adjacent to an activating group) is 1. The zero-order valence-electron chi connectivity index (χ0n) is 13.2. The van der Waals surface area contributed by atoms with Gasteiger partial charge in [-0.2, -0.15) is 0 Å². The molecule has 0 spiro atoms. The molecule has 1 amide bonds. The van der Waals surface area contributed by atoms with Gasteiger partial charge >= 0.3 is 5.97 Å². The number of aliphatic carboxylic acids is 1. The van der Waals surface area contributed by atoms with Gasteiger partial charge in [0.15, 0.2) is 0 Å². The number of amides is 1. The van der Waals surface area contributed by atoms with Crippen molar-refractivity contribution in [2.24, 2.45) is 23.5 Å². The molecular formula is C15H28N2O4. The maximum absolute atomic E-state index is 12.3. The summed E-state index contributed by atoms with van der Waals surface area (Å²) in [6, 6.07) is -0.359. The molecule has 0 radical (unpaired) electrons. The van der Waals surface area contributed by atoms with E-state index in [1.54, 1.807) is 11.9 Å². The summed E-state index contributed by atoms with van der Waals surface area (Å²) < 4.78 is 5.21. The van der Waals surface area contributed by atoms with Crippen molar-refractivity contribution in [3.05, 3.63) is 0 Å². The third kappa shape index (κ3) is 4.97. The maximum atomic E-state index is 12.3. The van der Waals surface area contributed by atoms with Crippen LogP contribution in [0.3, 0.4) is 0 Å². The molecule has 6 heteroatoms. The number of hydrogen-bond donors (Lipinski definition) is 2. The Balaban J connectivity index is 2.52. The van der Waals surface area contributed by atoms with Gasteiger partial charge in [0.05, 0.1) is 19.3 Å². The van der Waals surface area contributed by atoms with Gasteiger partial charge < -0.3 is 20.5 Å². The van der Waals surface area contributed by atoms with Crippen LogP contribution in [0.25, 0.3) is 0 Å². The first-order valence-corrected chi connectivity index (χ1v) is 7.64. The van der Waals surface area contributed by atoms with Gasteiger partial charge in [-0.1, -0.05) is 13.8 Å². The average molecular weight is 300 g/mol. The minimum Gasteiger partial charge on any atom is -0.481 e. The van der Waals surface area contributed by atoms with Crippen molar-refractivity contribution in [1.29, 1.82) is 0 Å². The van der Waals surface area contributed by atoms with Gasteiger partial charge in [0.1, 0.15) is 5.92 Å². The Morgan fingerprint density at radius 2 is 2.00 bits per heavy atom. The zero-order chi connectivity index (χ0) is 16.0. The van der Waals surface area contributed by atoms with Crippen LogP contribution in [-0.2, 0) is 14.3 Å². The molecule has 0 aliphatic carbocycles. The smallest absolute Gasteiger partial charge is 0.311 e. The second kappa shape index (κ2) is 8.34. The molecule has 1 saturated heterocycles. The number of rotatable bonds is 8. The summed E-state index contributed by atoms with van der Waals surface area (Å²) in [7, 11) is 1.67. The first-order chi connectivity index (χ1) is 9.88. The average Bonchev–Trinajstić information content (AvgIpc) is 2.91. The second-order valence-electron chi connectivity index (χ2n) is 6.17. The molecule has 1 rings (SSSR count). The molecule has 3 N–H and O–H groups in total. The molecule has 1 aliphatic heterocycles. The molecule has 0 aromatic heterocycles. The van der Waals surface area contributed by atoms with E-state index in [0.717, 1.165) is 12.8 Å². The third-order valence-corrected chi connectivity index (χ3v) is 4.47. The van der Waals surface area contributed by atoms with Crippen molar-refractivity contribution in [3.63, 3.8) is 0 Å². The predicted molar refractivity (Wildman–Crippen MR) is 79.7 cm³/mol. The largest absolute Gasteiger partial charge is 0.481 e. The lowest BCUT2D eigenvalue weighted by atomic mass is 9.88. The molecule has 1 aliphatic rings. The first kappa shape index (κ1) is 17.9. The van der Waals surface area contributed by atoms with Crippen LogP contribution in [0, 0.1) is 17.8 Å². The standard InChI is InChI=1S/C15H28N2O4/c1-10(2)11(6-7-16)4-5-14(18)17(3)13-9-21-8-12(13)15(19)20/h10-13H,4-9,16H2,1-3H3,(H,19,20). The Morgan fingerprint density at radius 1 is 1.33 bits per heavy atom. The van der Waals surface area contributed by atoms with Crippen LogP contribution in [0.5, 0.6) is 0 Å². The predicted octanol–water partition coefficient (Wildman–Crippen LogP) is 0.946. The first-order valence-electron chi connectivity index (χ1n) is 7.64. The van der Waals surface area contributed by atoms with Crippen LogP contribution in [0.2, 0.25) is 0 Å². The Labute approximate surface area is 126 Å². The van der Waals surface area contributed by atoms with Gasteiger partial charge in [0.2, 0.25) is 5.91 Å². The topological polar surface area (TPSA) is 92.9 Å². The fourth-order valence-corrected chi connectivity index (χ4v) is 2.86. The van der Waals surface area contributed by atoms with Crippen LogP contribution in [0.1, 0.15) is 33.1 Å². The highest BCUT2D eigenvalue weighted by atomic mass is 16.5.